The van der Waals surface area contributed by atoms with Crippen LogP contribution in [0.4, 0.5) is 4.79 Å². The summed E-state index contributed by atoms with van der Waals surface area (Å²) in [7, 11) is 0. The molecule has 0 aromatic carbocycles. The molecule has 0 saturated carbocycles. The van der Waals surface area contributed by atoms with E-state index < -0.39 is 5.60 Å². The molecule has 0 atom stereocenters. The van der Waals surface area contributed by atoms with Crippen molar-refractivity contribution in [2.45, 2.75) is 70.2 Å². The van der Waals surface area contributed by atoms with Crippen molar-refractivity contribution in [2.24, 2.45) is 4.99 Å². The Hall–Kier alpha value is -2.35. The number of piperidine rings is 1. The molecule has 3 aliphatic rings. The molecule has 2 fully saturated rings. The van der Waals surface area contributed by atoms with Crippen molar-refractivity contribution in [3.8, 4) is 0 Å². The van der Waals surface area contributed by atoms with E-state index in [1.807, 2.05) is 33.1 Å². The zero-order valence-electron chi connectivity index (χ0n) is 20.3. The van der Waals surface area contributed by atoms with Crippen molar-refractivity contribution in [3.63, 3.8) is 0 Å². The molecule has 1 N–H and O–H groups in total. The minimum absolute atomic E-state index is 0.0227. The van der Waals surface area contributed by atoms with E-state index in [1.165, 1.54) is 0 Å². The molecule has 3 rings (SSSR count). The Morgan fingerprint density at radius 1 is 1.30 bits per heavy atom. The largest absolute Gasteiger partial charge is 0.444 e. The topological polar surface area (TPSA) is 80.2 Å². The molecule has 180 valence electrons. The number of amides is 2. The molecule has 2 saturated heterocycles. The van der Waals surface area contributed by atoms with E-state index in [0.717, 1.165) is 37.8 Å². The molecule has 33 heavy (non-hydrogen) atoms. The number of aliphatic imine (C=N–C) groups is 1. The zero-order valence-corrected chi connectivity index (χ0v) is 20.3. The van der Waals surface area contributed by atoms with Gasteiger partial charge in [0, 0.05) is 37.9 Å². The van der Waals surface area contributed by atoms with Crippen LogP contribution in [0.2, 0.25) is 12.1 Å². The summed E-state index contributed by atoms with van der Waals surface area (Å²) in [6, 6.07) is 0.0227. The van der Waals surface area contributed by atoms with E-state index in [4.69, 9.17) is 9.47 Å². The summed E-state index contributed by atoms with van der Waals surface area (Å²) in [5, 5.41) is 3.14. The van der Waals surface area contributed by atoms with Crippen molar-refractivity contribution in [1.82, 2.24) is 10.2 Å². The molecule has 0 unspecified atom stereocenters. The molecule has 0 aliphatic carbocycles. The van der Waals surface area contributed by atoms with Gasteiger partial charge in [-0.25, -0.2) is 4.79 Å². The van der Waals surface area contributed by atoms with Gasteiger partial charge in [-0.3, -0.25) is 9.79 Å². The Morgan fingerprint density at radius 3 is 2.64 bits per heavy atom. The second-order valence-corrected chi connectivity index (χ2v) is 10.1. The van der Waals surface area contributed by atoms with Crippen molar-refractivity contribution in [1.29, 1.82) is 0 Å². The predicted molar refractivity (Wildman–Crippen MR) is 133 cm³/mol. The fourth-order valence-electron chi connectivity index (χ4n) is 4.43. The third kappa shape index (κ3) is 7.59. The lowest BCUT2D eigenvalue weighted by molar-refractivity contribution is -0.118. The van der Waals surface area contributed by atoms with Crippen LogP contribution in [0.3, 0.4) is 0 Å². The van der Waals surface area contributed by atoms with Gasteiger partial charge in [0.05, 0.1) is 6.54 Å². The predicted octanol–water partition coefficient (Wildman–Crippen LogP) is 3.84. The molecule has 0 spiro atoms. The summed E-state index contributed by atoms with van der Waals surface area (Å²) < 4.78 is 10.9. The highest BCUT2D eigenvalue weighted by Gasteiger charge is 2.34. The maximum Gasteiger partial charge on any atom is 0.410 e. The van der Waals surface area contributed by atoms with Crippen LogP contribution in [-0.4, -0.2) is 74.3 Å². The van der Waals surface area contributed by atoms with Crippen LogP contribution in [0.1, 0.15) is 46.5 Å². The van der Waals surface area contributed by atoms with Crippen molar-refractivity contribution < 1.29 is 19.1 Å². The van der Waals surface area contributed by atoms with Gasteiger partial charge in [-0.15, -0.1) is 0 Å². The Labute approximate surface area is 198 Å². The molecular weight excluding hydrogens is 417 g/mol. The van der Waals surface area contributed by atoms with Crippen molar-refractivity contribution in [2.75, 3.05) is 32.8 Å². The first-order valence-corrected chi connectivity index (χ1v) is 12.2. The van der Waals surface area contributed by atoms with Gasteiger partial charge < -0.3 is 19.7 Å². The highest BCUT2D eigenvalue weighted by atomic mass is 16.6. The van der Waals surface area contributed by atoms with Crippen LogP contribution in [0, 0.1) is 0 Å². The Balaban J connectivity index is 1.61. The summed E-state index contributed by atoms with van der Waals surface area (Å²) in [6.45, 7) is 13.2. The van der Waals surface area contributed by atoms with Gasteiger partial charge in [-0.2, -0.15) is 0 Å². The van der Waals surface area contributed by atoms with Crippen LogP contribution in [0.5, 0.6) is 0 Å². The summed E-state index contributed by atoms with van der Waals surface area (Å²) in [5.41, 5.74) is 1.22. The first kappa shape index (κ1) is 25.3. The fraction of sp³-hybridized carbons (Fsp3) is 0.640. The number of ether oxygens (including phenoxy) is 2. The normalized spacial score (nSPS) is 22.9. The Morgan fingerprint density at radius 2 is 2.03 bits per heavy atom. The summed E-state index contributed by atoms with van der Waals surface area (Å²) >= 11 is 0. The third-order valence-corrected chi connectivity index (χ3v) is 6.36. The highest BCUT2D eigenvalue weighted by Crippen LogP contribution is 2.30. The number of allylic oxidation sites excluding steroid dienone is 2. The number of hydrogen-bond acceptors (Lipinski definition) is 5. The maximum absolute atomic E-state index is 13.1. The van der Waals surface area contributed by atoms with E-state index in [9.17, 15) is 9.59 Å². The molecule has 0 bridgehead atoms. The first-order valence-electron chi connectivity index (χ1n) is 12.2. The van der Waals surface area contributed by atoms with E-state index in [0.29, 0.717) is 50.6 Å². The van der Waals surface area contributed by atoms with Crippen LogP contribution in [0.25, 0.3) is 0 Å². The lowest BCUT2D eigenvalue weighted by Crippen LogP contribution is -2.48. The molecule has 3 aliphatic heterocycles. The second kappa shape index (κ2) is 11.7. The average Bonchev–Trinajstić information content (AvgIpc) is 2.82. The monoisotopic (exact) mass is 455 g/mol. The van der Waals surface area contributed by atoms with E-state index >= 15 is 0 Å². The fourth-order valence-corrected chi connectivity index (χ4v) is 4.43. The third-order valence-electron chi connectivity index (χ3n) is 6.36. The lowest BCUT2D eigenvalue weighted by atomic mass is 9.33. The first-order chi connectivity index (χ1) is 15.8. The molecule has 0 aromatic heterocycles. The molecule has 3 heterocycles. The Bertz CT molecular complexity index is 803. The number of carbonyl (C=O) groups excluding carboxylic acids is 2. The van der Waals surface area contributed by atoms with Gasteiger partial charge in [0.1, 0.15) is 5.60 Å². The quantitative estimate of drug-likeness (QED) is 0.388. The van der Waals surface area contributed by atoms with Gasteiger partial charge in [-0.05, 0) is 52.1 Å². The molecule has 2 amide bonds. The number of nitrogens with one attached hydrogen (secondary N) is 1. The summed E-state index contributed by atoms with van der Waals surface area (Å²) in [4.78, 5) is 31.5. The summed E-state index contributed by atoms with van der Waals surface area (Å²) in [6.07, 6.45) is 12.0. The highest BCUT2D eigenvalue weighted by molar-refractivity contribution is 6.69. The van der Waals surface area contributed by atoms with Crippen LogP contribution in [0.15, 0.2) is 40.8 Å². The number of likely N-dealkylation sites (tertiary alicyclic amines) is 1. The summed E-state index contributed by atoms with van der Waals surface area (Å²) in [5.74, 6) is 0.380. The van der Waals surface area contributed by atoms with Crippen LogP contribution < -0.4 is 5.32 Å². The molecule has 0 radical (unpaired) electrons. The van der Waals surface area contributed by atoms with Gasteiger partial charge in [0.2, 0.25) is 0 Å². The molecule has 8 heteroatoms. The van der Waals surface area contributed by atoms with Gasteiger partial charge >= 0.3 is 6.09 Å². The maximum atomic E-state index is 13.1. The average molecular weight is 455 g/mol. The lowest BCUT2D eigenvalue weighted by Gasteiger charge is -2.34. The van der Waals surface area contributed by atoms with E-state index in [1.54, 1.807) is 11.0 Å². The number of rotatable bonds is 5. The van der Waals surface area contributed by atoms with E-state index in [2.05, 4.69) is 23.0 Å². The van der Waals surface area contributed by atoms with Crippen LogP contribution in [-0.2, 0) is 14.3 Å². The van der Waals surface area contributed by atoms with E-state index in [-0.39, 0.29) is 18.0 Å². The Kier molecular flexibility index (Phi) is 8.95. The van der Waals surface area contributed by atoms with Crippen molar-refractivity contribution >= 4 is 24.9 Å². The van der Waals surface area contributed by atoms with Gasteiger partial charge in [0.15, 0.2) is 6.71 Å². The number of hydrogen-bond donors (Lipinski definition) is 1. The van der Waals surface area contributed by atoms with Crippen LogP contribution >= 0.6 is 0 Å². The zero-order chi connectivity index (χ0) is 23.8. The molecule has 0 aromatic rings. The number of nitrogens with zero attached hydrogens (tertiary/aromatic N) is 2. The minimum Gasteiger partial charge on any atom is -0.444 e. The van der Waals surface area contributed by atoms with Gasteiger partial charge in [0.25, 0.3) is 5.91 Å². The van der Waals surface area contributed by atoms with Crippen molar-refractivity contribution in [3.05, 3.63) is 35.9 Å². The molecule has 7 nitrogen and oxygen atoms in total. The minimum atomic E-state index is -0.509. The van der Waals surface area contributed by atoms with Gasteiger partial charge in [-0.1, -0.05) is 43.0 Å². The second-order valence-electron chi connectivity index (χ2n) is 10.1. The SMILES string of the molecule is C=C/C(=C\C1=C\CN=CCCCB1C1COC1)C(=O)NC1CCN(C(=O)OC(C)(C)C)CC1. The smallest absolute Gasteiger partial charge is 0.410 e. The number of carbonyl (C=O) groups is 2. The standard InChI is InChI=1S/C25H38BN3O4/c1-5-19(16-20-8-13-27-12-7-6-11-26(20)21-17-32-18-21)23(30)28-22-9-14-29(15-10-22)24(31)33-25(2,3)4/h5,8,12,16,21-22H,1,6-7,9-11,13-15,17-18H2,2-4H3,(H,28,30)/b19-16+,20-8-,27-12?. The molecular formula is C25H38BN3O4.